The molecule has 41 heavy (non-hydrogen) atoms. The first-order valence-corrected chi connectivity index (χ1v) is 16.8. The first-order valence-electron chi connectivity index (χ1n) is 16.8. The van der Waals surface area contributed by atoms with E-state index in [4.69, 9.17) is 23.7 Å². The van der Waals surface area contributed by atoms with E-state index in [2.05, 4.69) is 18.7 Å². The summed E-state index contributed by atoms with van der Waals surface area (Å²) >= 11 is 0. The SMILES string of the molecule is CCCCCCCCCCC(=O)OCCOCCOCCN(C)CCOCCOC(=O)CCCCCCCCCC. The zero-order valence-corrected chi connectivity index (χ0v) is 27.1. The van der Waals surface area contributed by atoms with Gasteiger partial charge in [0.05, 0.1) is 39.6 Å². The van der Waals surface area contributed by atoms with Crippen LogP contribution in [0.1, 0.15) is 129 Å². The van der Waals surface area contributed by atoms with E-state index in [1.807, 2.05) is 7.05 Å². The molecular weight excluding hydrogens is 522 g/mol. The molecule has 0 radical (unpaired) electrons. The van der Waals surface area contributed by atoms with Gasteiger partial charge in [-0.05, 0) is 19.9 Å². The molecule has 0 saturated carbocycles. The summed E-state index contributed by atoms with van der Waals surface area (Å²) in [4.78, 5) is 25.7. The molecular formula is C33H65NO7. The summed E-state index contributed by atoms with van der Waals surface area (Å²) in [7, 11) is 2.02. The molecule has 0 aromatic rings. The van der Waals surface area contributed by atoms with Crippen molar-refractivity contribution in [2.75, 3.05) is 73.0 Å². The van der Waals surface area contributed by atoms with E-state index in [0.717, 1.165) is 38.8 Å². The van der Waals surface area contributed by atoms with Crippen molar-refractivity contribution in [2.45, 2.75) is 129 Å². The van der Waals surface area contributed by atoms with Gasteiger partial charge in [0.1, 0.15) is 13.2 Å². The number of unbranched alkanes of at least 4 members (excludes halogenated alkanes) is 14. The van der Waals surface area contributed by atoms with Crippen LogP contribution in [-0.4, -0.2) is 89.8 Å². The second-order valence-corrected chi connectivity index (χ2v) is 11.0. The van der Waals surface area contributed by atoms with E-state index in [9.17, 15) is 9.59 Å². The smallest absolute Gasteiger partial charge is 0.305 e. The van der Waals surface area contributed by atoms with Crippen LogP contribution in [0.4, 0.5) is 0 Å². The molecule has 0 atom stereocenters. The third-order valence-corrected chi connectivity index (χ3v) is 7.06. The first kappa shape index (κ1) is 39.8. The van der Waals surface area contributed by atoms with Crippen LogP contribution in [0.2, 0.25) is 0 Å². The molecule has 0 amide bonds. The normalized spacial score (nSPS) is 11.3. The number of rotatable bonds is 33. The van der Waals surface area contributed by atoms with E-state index in [1.165, 1.54) is 77.0 Å². The third kappa shape index (κ3) is 33.2. The molecule has 0 N–H and O–H groups in total. The van der Waals surface area contributed by atoms with Crippen LogP contribution in [0.5, 0.6) is 0 Å². The van der Waals surface area contributed by atoms with E-state index in [1.54, 1.807) is 0 Å². The molecule has 0 fully saturated rings. The van der Waals surface area contributed by atoms with Crippen molar-refractivity contribution in [3.05, 3.63) is 0 Å². The molecule has 8 nitrogen and oxygen atoms in total. The fourth-order valence-electron chi connectivity index (χ4n) is 4.36. The highest BCUT2D eigenvalue weighted by Gasteiger charge is 2.04. The van der Waals surface area contributed by atoms with E-state index < -0.39 is 0 Å². The Balaban J connectivity index is 3.32. The molecule has 0 aromatic heterocycles. The second-order valence-electron chi connectivity index (χ2n) is 11.0. The minimum absolute atomic E-state index is 0.118. The van der Waals surface area contributed by atoms with Crippen molar-refractivity contribution in [2.24, 2.45) is 0 Å². The number of carbonyl (C=O) groups excluding carboxylic acids is 2. The van der Waals surface area contributed by atoms with Crippen molar-refractivity contribution in [3.63, 3.8) is 0 Å². The summed E-state index contributed by atoms with van der Waals surface area (Å²) in [6, 6.07) is 0. The Hall–Kier alpha value is -1.22. The lowest BCUT2D eigenvalue weighted by molar-refractivity contribution is -0.146. The summed E-state index contributed by atoms with van der Waals surface area (Å²) in [5.41, 5.74) is 0. The Labute approximate surface area is 252 Å². The molecule has 0 aromatic carbocycles. The third-order valence-electron chi connectivity index (χ3n) is 7.06. The fourth-order valence-corrected chi connectivity index (χ4v) is 4.36. The van der Waals surface area contributed by atoms with Gasteiger partial charge in [-0.3, -0.25) is 9.59 Å². The molecule has 8 heteroatoms. The van der Waals surface area contributed by atoms with Crippen LogP contribution >= 0.6 is 0 Å². The molecule has 0 heterocycles. The summed E-state index contributed by atoms with van der Waals surface area (Å²) in [6.45, 7) is 9.71. The van der Waals surface area contributed by atoms with Gasteiger partial charge >= 0.3 is 11.9 Å². The molecule has 0 rings (SSSR count). The van der Waals surface area contributed by atoms with Crippen LogP contribution in [0.3, 0.4) is 0 Å². The molecule has 0 unspecified atom stereocenters. The Kier molecular flexibility index (Phi) is 32.3. The van der Waals surface area contributed by atoms with E-state index in [0.29, 0.717) is 65.7 Å². The van der Waals surface area contributed by atoms with Gasteiger partial charge in [-0.1, -0.05) is 104 Å². The van der Waals surface area contributed by atoms with Crippen LogP contribution in [-0.2, 0) is 33.3 Å². The molecule has 0 bridgehead atoms. The average Bonchev–Trinajstić information content (AvgIpc) is 2.96. The quantitative estimate of drug-likeness (QED) is 0.0593. The standard InChI is InChI=1S/C33H65NO7/c1-4-6-8-10-12-14-16-18-20-32(35)40-30-28-38-25-23-34(3)22-24-37-26-27-39-29-31-41-33(36)21-19-17-15-13-11-9-7-5-2/h4-31H2,1-3H3. The second kappa shape index (κ2) is 33.3. The number of hydrogen-bond acceptors (Lipinski definition) is 8. The molecule has 0 aliphatic heterocycles. The maximum atomic E-state index is 11.8. The predicted molar refractivity (Wildman–Crippen MR) is 166 cm³/mol. The van der Waals surface area contributed by atoms with Crippen molar-refractivity contribution in [1.82, 2.24) is 4.90 Å². The lowest BCUT2D eigenvalue weighted by Crippen LogP contribution is -2.28. The lowest BCUT2D eigenvalue weighted by atomic mass is 10.1. The predicted octanol–water partition coefficient (Wildman–Crippen LogP) is 7.12. The van der Waals surface area contributed by atoms with Crippen LogP contribution < -0.4 is 0 Å². The van der Waals surface area contributed by atoms with Crippen molar-refractivity contribution in [1.29, 1.82) is 0 Å². The van der Waals surface area contributed by atoms with Crippen LogP contribution in [0, 0.1) is 0 Å². The topological polar surface area (TPSA) is 83.5 Å². The zero-order valence-electron chi connectivity index (χ0n) is 27.1. The highest BCUT2D eigenvalue weighted by molar-refractivity contribution is 5.69. The van der Waals surface area contributed by atoms with Crippen molar-refractivity contribution < 1.29 is 33.3 Å². The van der Waals surface area contributed by atoms with Crippen LogP contribution in [0.25, 0.3) is 0 Å². The number of ether oxygens (including phenoxy) is 5. The maximum Gasteiger partial charge on any atom is 0.305 e. The minimum Gasteiger partial charge on any atom is -0.463 e. The van der Waals surface area contributed by atoms with Gasteiger partial charge in [-0.2, -0.15) is 0 Å². The zero-order chi connectivity index (χ0) is 30.1. The Morgan fingerprint density at radius 2 is 0.756 bits per heavy atom. The largest absolute Gasteiger partial charge is 0.463 e. The Bertz CT molecular complexity index is 562. The van der Waals surface area contributed by atoms with Gasteiger partial charge in [-0.25, -0.2) is 0 Å². The monoisotopic (exact) mass is 587 g/mol. The van der Waals surface area contributed by atoms with Gasteiger partial charge in [-0.15, -0.1) is 0 Å². The Morgan fingerprint density at radius 1 is 0.439 bits per heavy atom. The van der Waals surface area contributed by atoms with Crippen molar-refractivity contribution >= 4 is 11.9 Å². The lowest BCUT2D eigenvalue weighted by Gasteiger charge is -2.16. The van der Waals surface area contributed by atoms with Crippen molar-refractivity contribution in [3.8, 4) is 0 Å². The Morgan fingerprint density at radius 3 is 1.15 bits per heavy atom. The highest BCUT2D eigenvalue weighted by atomic mass is 16.6. The summed E-state index contributed by atoms with van der Waals surface area (Å²) in [6.07, 6.45) is 20.5. The highest BCUT2D eigenvalue weighted by Crippen LogP contribution is 2.11. The minimum atomic E-state index is -0.127. The summed E-state index contributed by atoms with van der Waals surface area (Å²) in [5, 5.41) is 0. The number of esters is 2. The number of hydrogen-bond donors (Lipinski definition) is 0. The van der Waals surface area contributed by atoms with E-state index in [-0.39, 0.29) is 11.9 Å². The molecule has 0 saturated heterocycles. The van der Waals surface area contributed by atoms with Gasteiger partial charge < -0.3 is 28.6 Å². The number of likely N-dealkylation sites (N-methyl/N-ethyl adjacent to an activating group) is 1. The van der Waals surface area contributed by atoms with Gasteiger partial charge in [0.25, 0.3) is 0 Å². The van der Waals surface area contributed by atoms with E-state index >= 15 is 0 Å². The molecule has 244 valence electrons. The van der Waals surface area contributed by atoms with Crippen LogP contribution in [0.15, 0.2) is 0 Å². The fraction of sp³-hybridized carbons (Fsp3) is 0.939. The number of carbonyl (C=O) groups is 2. The average molecular weight is 588 g/mol. The van der Waals surface area contributed by atoms with Gasteiger partial charge in [0.15, 0.2) is 0 Å². The van der Waals surface area contributed by atoms with Gasteiger partial charge in [0, 0.05) is 25.9 Å². The van der Waals surface area contributed by atoms with Gasteiger partial charge in [0.2, 0.25) is 0 Å². The number of nitrogens with zero attached hydrogens (tertiary/aromatic N) is 1. The first-order chi connectivity index (χ1) is 20.1. The maximum absolute atomic E-state index is 11.8. The molecule has 0 aliphatic rings. The summed E-state index contributed by atoms with van der Waals surface area (Å²) in [5.74, 6) is -0.245. The summed E-state index contributed by atoms with van der Waals surface area (Å²) < 4.78 is 27.1. The molecule has 0 aliphatic carbocycles. The molecule has 0 spiro atoms.